The van der Waals surface area contributed by atoms with Crippen LogP contribution >= 0.6 is 0 Å². The van der Waals surface area contributed by atoms with Crippen molar-refractivity contribution in [1.29, 1.82) is 0 Å². The molecule has 31 heavy (non-hydrogen) atoms. The molecule has 1 aromatic heterocycles. The van der Waals surface area contributed by atoms with Crippen LogP contribution in [0, 0.1) is 13.8 Å². The number of sulfonamides is 1. The normalized spacial score (nSPS) is 18.1. The second kappa shape index (κ2) is 7.32. The molecule has 1 amide bonds. The lowest BCUT2D eigenvalue weighted by atomic mass is 10.1. The molecule has 7 nitrogen and oxygen atoms in total. The van der Waals surface area contributed by atoms with E-state index in [1.807, 2.05) is 30.3 Å². The number of carbonyl (C=O) groups is 1. The van der Waals surface area contributed by atoms with Crippen molar-refractivity contribution in [3.05, 3.63) is 65.0 Å². The van der Waals surface area contributed by atoms with Crippen LogP contribution in [0.4, 0.5) is 5.69 Å². The van der Waals surface area contributed by atoms with Gasteiger partial charge in [0.15, 0.2) is 5.76 Å². The van der Waals surface area contributed by atoms with Crippen molar-refractivity contribution < 1.29 is 17.7 Å². The molecule has 5 rings (SSSR count). The molecule has 8 heteroatoms. The highest BCUT2D eigenvalue weighted by atomic mass is 32.2. The molecule has 0 saturated carbocycles. The Morgan fingerprint density at radius 1 is 1.13 bits per heavy atom. The quantitative estimate of drug-likeness (QED) is 0.526. The predicted octanol–water partition coefficient (Wildman–Crippen LogP) is 3.65. The molecule has 1 fully saturated rings. The Balaban J connectivity index is 1.38. The Bertz CT molecular complexity index is 1280. The molecule has 0 radical (unpaired) electrons. The molecule has 160 valence electrons. The Morgan fingerprint density at radius 3 is 2.68 bits per heavy atom. The lowest BCUT2D eigenvalue weighted by molar-refractivity contribution is -0.119. The molecule has 0 bridgehead atoms. The zero-order chi connectivity index (χ0) is 21.8. The number of amides is 1. The van der Waals surface area contributed by atoms with E-state index in [1.165, 1.54) is 21.0 Å². The highest BCUT2D eigenvalue weighted by molar-refractivity contribution is 7.89. The molecule has 3 aromatic rings. The minimum absolute atomic E-state index is 0.0579. The van der Waals surface area contributed by atoms with Gasteiger partial charge in [0.25, 0.3) is 0 Å². The molecule has 2 aromatic carbocycles. The Labute approximate surface area is 181 Å². The summed E-state index contributed by atoms with van der Waals surface area (Å²) in [6, 6.07) is 13.4. The third kappa shape index (κ3) is 3.26. The van der Waals surface area contributed by atoms with Crippen LogP contribution in [0.2, 0.25) is 0 Å². The van der Waals surface area contributed by atoms with Crippen molar-refractivity contribution in [2.45, 2.75) is 44.0 Å². The summed E-state index contributed by atoms with van der Waals surface area (Å²) in [5, 5.41) is 6.69. The van der Waals surface area contributed by atoms with E-state index in [1.54, 1.807) is 13.8 Å². The number of benzene rings is 2. The molecule has 1 saturated heterocycles. The highest BCUT2D eigenvalue weighted by Crippen LogP contribution is 2.38. The molecule has 0 spiro atoms. The number of anilines is 1. The van der Waals surface area contributed by atoms with Crippen molar-refractivity contribution in [3.63, 3.8) is 0 Å². The van der Waals surface area contributed by atoms with Crippen LogP contribution < -0.4 is 5.32 Å². The molecule has 1 aliphatic carbocycles. The average molecular weight is 438 g/mol. The van der Waals surface area contributed by atoms with Gasteiger partial charge in [-0.1, -0.05) is 35.5 Å². The van der Waals surface area contributed by atoms with E-state index in [0.29, 0.717) is 30.8 Å². The van der Waals surface area contributed by atoms with Crippen LogP contribution in [0.15, 0.2) is 51.9 Å². The Kier molecular flexibility index (Phi) is 4.71. The van der Waals surface area contributed by atoms with Crippen LogP contribution in [0.3, 0.4) is 0 Å². The Morgan fingerprint density at radius 2 is 1.90 bits per heavy atom. The molecule has 1 unspecified atom stereocenters. The summed E-state index contributed by atoms with van der Waals surface area (Å²) in [7, 11) is -3.87. The van der Waals surface area contributed by atoms with Gasteiger partial charge in [-0.3, -0.25) is 4.79 Å². The van der Waals surface area contributed by atoms with Crippen LogP contribution in [0.1, 0.15) is 35.4 Å². The predicted molar refractivity (Wildman–Crippen MR) is 116 cm³/mol. The number of aryl methyl sites for hydroxylation is 2. The summed E-state index contributed by atoms with van der Waals surface area (Å²) in [6.07, 6.45) is 1.93. The van der Waals surface area contributed by atoms with Gasteiger partial charge in [-0.2, -0.15) is 4.31 Å². The lowest BCUT2D eigenvalue weighted by Gasteiger charge is -2.23. The number of aromatic nitrogens is 1. The SMILES string of the molecule is Cc1noc(C)c1S(=O)(=O)N1CCCC1C(=O)Nc1ccc2c(c1)Cc1ccccc1-2. The van der Waals surface area contributed by atoms with E-state index in [2.05, 4.69) is 22.6 Å². The van der Waals surface area contributed by atoms with Crippen LogP contribution in [0.5, 0.6) is 0 Å². The summed E-state index contributed by atoms with van der Waals surface area (Å²) < 4.78 is 32.8. The van der Waals surface area contributed by atoms with E-state index in [4.69, 9.17) is 4.52 Å². The fourth-order valence-electron chi connectivity index (χ4n) is 4.70. The van der Waals surface area contributed by atoms with Crippen molar-refractivity contribution in [2.75, 3.05) is 11.9 Å². The van der Waals surface area contributed by atoms with Gasteiger partial charge in [-0.25, -0.2) is 8.42 Å². The van der Waals surface area contributed by atoms with Crippen molar-refractivity contribution in [2.24, 2.45) is 0 Å². The van der Waals surface area contributed by atoms with Gasteiger partial charge in [-0.05, 0) is 67.5 Å². The van der Waals surface area contributed by atoms with Crippen molar-refractivity contribution >= 4 is 21.6 Å². The van der Waals surface area contributed by atoms with E-state index in [-0.39, 0.29) is 16.6 Å². The summed E-state index contributed by atoms with van der Waals surface area (Å²) in [6.45, 7) is 3.46. The molecule has 2 aliphatic rings. The third-order valence-electron chi connectivity index (χ3n) is 6.10. The first-order chi connectivity index (χ1) is 14.9. The van der Waals surface area contributed by atoms with Crippen LogP contribution in [0.25, 0.3) is 11.1 Å². The third-order valence-corrected chi connectivity index (χ3v) is 8.26. The molecular weight excluding hydrogens is 414 g/mol. The number of carbonyl (C=O) groups excluding carboxylic acids is 1. The first kappa shape index (κ1) is 20.0. The first-order valence-electron chi connectivity index (χ1n) is 10.3. The molecular formula is C23H23N3O4S. The molecule has 2 heterocycles. The van der Waals surface area contributed by atoms with Gasteiger partial charge >= 0.3 is 0 Å². The van der Waals surface area contributed by atoms with Crippen molar-refractivity contribution in [1.82, 2.24) is 9.46 Å². The van der Waals surface area contributed by atoms with Crippen LogP contribution in [-0.4, -0.2) is 36.4 Å². The van der Waals surface area contributed by atoms with E-state index >= 15 is 0 Å². The Hall–Kier alpha value is -2.97. The zero-order valence-electron chi connectivity index (χ0n) is 17.4. The highest BCUT2D eigenvalue weighted by Gasteiger charge is 2.42. The number of hydrogen-bond donors (Lipinski definition) is 1. The maximum atomic E-state index is 13.2. The molecule has 1 atom stereocenters. The maximum Gasteiger partial charge on any atom is 0.249 e. The van der Waals surface area contributed by atoms with E-state index in [9.17, 15) is 13.2 Å². The summed E-state index contributed by atoms with van der Waals surface area (Å²) >= 11 is 0. The van der Waals surface area contributed by atoms with Crippen LogP contribution in [-0.2, 0) is 21.2 Å². The number of nitrogens with zero attached hydrogens (tertiary/aromatic N) is 2. The summed E-state index contributed by atoms with van der Waals surface area (Å²) in [5.74, 6) is -0.0787. The minimum Gasteiger partial charge on any atom is -0.360 e. The zero-order valence-corrected chi connectivity index (χ0v) is 18.2. The van der Waals surface area contributed by atoms with Crippen molar-refractivity contribution in [3.8, 4) is 11.1 Å². The molecule has 1 N–H and O–H groups in total. The lowest BCUT2D eigenvalue weighted by Crippen LogP contribution is -2.43. The van der Waals surface area contributed by atoms with Gasteiger partial charge in [0.05, 0.1) is 0 Å². The summed E-state index contributed by atoms with van der Waals surface area (Å²) in [5.41, 5.74) is 5.82. The van der Waals surface area contributed by atoms with Gasteiger partial charge in [0, 0.05) is 12.2 Å². The fraction of sp³-hybridized carbons (Fsp3) is 0.304. The maximum absolute atomic E-state index is 13.2. The monoisotopic (exact) mass is 437 g/mol. The van der Waals surface area contributed by atoms with Gasteiger partial charge in [0.1, 0.15) is 16.6 Å². The number of nitrogens with one attached hydrogen (secondary N) is 1. The fourth-order valence-corrected chi connectivity index (χ4v) is 6.65. The number of rotatable bonds is 4. The standard InChI is InChI=1S/C23H23N3O4S/c1-14-22(15(2)30-25-14)31(28,29)26-11-5-8-21(26)23(27)24-18-9-10-20-17(13-18)12-16-6-3-4-7-19(16)20/h3-4,6-7,9-10,13,21H,5,8,11-12H2,1-2H3,(H,24,27). The molecule has 1 aliphatic heterocycles. The second-order valence-electron chi connectivity index (χ2n) is 8.12. The average Bonchev–Trinajstić information content (AvgIpc) is 3.44. The van der Waals surface area contributed by atoms with Gasteiger partial charge in [-0.15, -0.1) is 0 Å². The smallest absolute Gasteiger partial charge is 0.249 e. The van der Waals surface area contributed by atoms with Gasteiger partial charge in [0.2, 0.25) is 15.9 Å². The largest absolute Gasteiger partial charge is 0.360 e. The minimum atomic E-state index is -3.87. The van der Waals surface area contributed by atoms with E-state index in [0.717, 1.165) is 12.0 Å². The number of hydrogen-bond acceptors (Lipinski definition) is 5. The topological polar surface area (TPSA) is 92.5 Å². The first-order valence-corrected chi connectivity index (χ1v) is 11.8. The van der Waals surface area contributed by atoms with E-state index < -0.39 is 16.1 Å². The van der Waals surface area contributed by atoms with Gasteiger partial charge < -0.3 is 9.84 Å². The summed E-state index contributed by atoms with van der Waals surface area (Å²) in [4.78, 5) is 13.1. The number of fused-ring (bicyclic) bond motifs is 3. The second-order valence-corrected chi connectivity index (χ2v) is 9.95.